The minimum Gasteiger partial charge on any atom is -0.490 e. The van der Waals surface area contributed by atoms with Crippen LogP contribution in [-0.4, -0.2) is 19.4 Å². The third kappa shape index (κ3) is 6.17. The summed E-state index contributed by atoms with van der Waals surface area (Å²) in [6.07, 6.45) is -1.30. The largest absolute Gasteiger partial charge is 0.490 e. The van der Waals surface area contributed by atoms with Gasteiger partial charge in [-0.15, -0.1) is 0 Å². The summed E-state index contributed by atoms with van der Waals surface area (Å²) < 4.78 is 46.8. The van der Waals surface area contributed by atoms with Crippen LogP contribution in [0.4, 0.5) is 13.2 Å². The fourth-order valence-corrected chi connectivity index (χ4v) is 1.88. The lowest BCUT2D eigenvalue weighted by atomic mass is 10.0. The summed E-state index contributed by atoms with van der Waals surface area (Å²) in [7, 11) is 0. The van der Waals surface area contributed by atoms with E-state index in [0.717, 1.165) is 19.3 Å². The number of benzene rings is 1. The molecule has 5 heteroatoms. The molecule has 0 aliphatic heterocycles. The second-order valence-corrected chi connectivity index (χ2v) is 4.67. The van der Waals surface area contributed by atoms with Crippen molar-refractivity contribution in [2.45, 2.75) is 39.3 Å². The van der Waals surface area contributed by atoms with Crippen molar-refractivity contribution in [3.63, 3.8) is 0 Å². The van der Waals surface area contributed by atoms with E-state index in [1.165, 1.54) is 6.07 Å². The first kappa shape index (κ1) is 16.7. The van der Waals surface area contributed by atoms with Crippen LogP contribution < -0.4 is 9.47 Å². The molecule has 114 valence electrons. The minimum absolute atomic E-state index is 0.134. The smallest absolute Gasteiger partial charge is 0.422 e. The van der Waals surface area contributed by atoms with Gasteiger partial charge in [-0.3, -0.25) is 0 Å². The zero-order valence-corrected chi connectivity index (χ0v) is 11.9. The van der Waals surface area contributed by atoms with Gasteiger partial charge < -0.3 is 9.47 Å². The second kappa shape index (κ2) is 8.02. The highest BCUT2D eigenvalue weighted by molar-refractivity contribution is 5.39. The summed E-state index contributed by atoms with van der Waals surface area (Å²) in [5.74, 6) is 1.08. The van der Waals surface area contributed by atoms with Crippen LogP contribution in [0.2, 0.25) is 0 Å². The maximum Gasteiger partial charge on any atom is 0.422 e. The molecule has 0 saturated carbocycles. The van der Waals surface area contributed by atoms with E-state index in [-0.39, 0.29) is 5.75 Å². The van der Waals surface area contributed by atoms with Gasteiger partial charge in [0.1, 0.15) is 0 Å². The number of halogens is 3. The van der Waals surface area contributed by atoms with Crippen molar-refractivity contribution in [1.29, 1.82) is 0 Å². The molecule has 2 nitrogen and oxygen atoms in total. The van der Waals surface area contributed by atoms with Crippen LogP contribution in [0, 0.1) is 5.92 Å². The number of alkyl halides is 3. The molecular weight excluding hydrogens is 269 g/mol. The SMILES string of the molecule is CCC(CC)CCOc1ccccc1OCC(F)(F)F. The van der Waals surface area contributed by atoms with Gasteiger partial charge in [-0.2, -0.15) is 13.2 Å². The molecule has 0 aliphatic carbocycles. The first-order chi connectivity index (χ1) is 9.46. The van der Waals surface area contributed by atoms with Crippen LogP contribution in [-0.2, 0) is 0 Å². The van der Waals surface area contributed by atoms with Gasteiger partial charge in [0.25, 0.3) is 0 Å². The third-order valence-electron chi connectivity index (χ3n) is 3.18. The Labute approximate surface area is 117 Å². The van der Waals surface area contributed by atoms with Gasteiger partial charge in [0.2, 0.25) is 0 Å². The van der Waals surface area contributed by atoms with E-state index in [1.807, 2.05) is 0 Å². The highest BCUT2D eigenvalue weighted by Gasteiger charge is 2.28. The molecule has 0 saturated heterocycles. The summed E-state index contributed by atoms with van der Waals surface area (Å²) in [5, 5.41) is 0. The lowest BCUT2D eigenvalue weighted by Crippen LogP contribution is -2.19. The summed E-state index contributed by atoms with van der Waals surface area (Å²) >= 11 is 0. The summed E-state index contributed by atoms with van der Waals surface area (Å²) in [5.41, 5.74) is 0. The van der Waals surface area contributed by atoms with Gasteiger partial charge in [-0.1, -0.05) is 38.8 Å². The summed E-state index contributed by atoms with van der Waals surface area (Å²) in [6.45, 7) is 3.42. The van der Waals surface area contributed by atoms with E-state index in [1.54, 1.807) is 18.2 Å². The van der Waals surface area contributed by atoms with Crippen molar-refractivity contribution in [3.8, 4) is 11.5 Å². The Bertz CT molecular complexity index is 387. The van der Waals surface area contributed by atoms with E-state index in [2.05, 4.69) is 13.8 Å². The summed E-state index contributed by atoms with van der Waals surface area (Å²) in [6, 6.07) is 6.45. The van der Waals surface area contributed by atoms with E-state index in [4.69, 9.17) is 9.47 Å². The van der Waals surface area contributed by atoms with Gasteiger partial charge in [0.15, 0.2) is 18.1 Å². The first-order valence-corrected chi connectivity index (χ1v) is 6.87. The molecule has 0 aromatic heterocycles. The van der Waals surface area contributed by atoms with E-state index < -0.39 is 12.8 Å². The lowest BCUT2D eigenvalue weighted by Gasteiger charge is -2.16. The van der Waals surface area contributed by atoms with E-state index >= 15 is 0 Å². The van der Waals surface area contributed by atoms with Gasteiger partial charge in [-0.25, -0.2) is 0 Å². The Morgan fingerprint density at radius 2 is 1.55 bits per heavy atom. The molecule has 0 amide bonds. The standard InChI is InChI=1S/C15H21F3O2/c1-3-12(4-2)9-10-19-13-7-5-6-8-14(13)20-11-15(16,17)18/h5-8,12H,3-4,9-11H2,1-2H3. The molecule has 0 bridgehead atoms. The molecule has 0 heterocycles. The van der Waals surface area contributed by atoms with Crippen molar-refractivity contribution in [2.24, 2.45) is 5.92 Å². The van der Waals surface area contributed by atoms with Crippen molar-refractivity contribution >= 4 is 0 Å². The van der Waals surface area contributed by atoms with Gasteiger partial charge >= 0.3 is 6.18 Å². The van der Waals surface area contributed by atoms with E-state index in [0.29, 0.717) is 18.3 Å². The predicted molar refractivity (Wildman–Crippen MR) is 72.2 cm³/mol. The van der Waals surface area contributed by atoms with Gasteiger partial charge in [0, 0.05) is 0 Å². The van der Waals surface area contributed by atoms with E-state index in [9.17, 15) is 13.2 Å². The number of ether oxygens (including phenoxy) is 2. The molecule has 0 N–H and O–H groups in total. The van der Waals surface area contributed by atoms with Crippen molar-refractivity contribution in [3.05, 3.63) is 24.3 Å². The molecule has 0 spiro atoms. The Balaban J connectivity index is 2.53. The minimum atomic E-state index is -4.34. The molecule has 0 unspecified atom stereocenters. The maximum atomic E-state index is 12.2. The number of rotatable bonds is 8. The fourth-order valence-electron chi connectivity index (χ4n) is 1.88. The number of para-hydroxylation sites is 2. The molecule has 1 rings (SSSR count). The Hall–Kier alpha value is -1.39. The van der Waals surface area contributed by atoms with Crippen LogP contribution in [0.3, 0.4) is 0 Å². The fraction of sp³-hybridized carbons (Fsp3) is 0.600. The van der Waals surface area contributed by atoms with Crippen LogP contribution in [0.25, 0.3) is 0 Å². The normalized spacial score (nSPS) is 11.7. The molecular formula is C15H21F3O2. The van der Waals surface area contributed by atoms with Crippen molar-refractivity contribution < 1.29 is 22.6 Å². The molecule has 0 aliphatic rings. The first-order valence-electron chi connectivity index (χ1n) is 6.87. The molecule has 0 radical (unpaired) electrons. The van der Waals surface area contributed by atoms with Crippen LogP contribution in [0.1, 0.15) is 33.1 Å². The van der Waals surface area contributed by atoms with Crippen LogP contribution in [0.5, 0.6) is 11.5 Å². The monoisotopic (exact) mass is 290 g/mol. The van der Waals surface area contributed by atoms with Gasteiger partial charge in [-0.05, 0) is 24.5 Å². The quantitative estimate of drug-likeness (QED) is 0.682. The number of hydrogen-bond donors (Lipinski definition) is 0. The van der Waals surface area contributed by atoms with Crippen LogP contribution in [0.15, 0.2) is 24.3 Å². The predicted octanol–water partition coefficient (Wildman–Crippen LogP) is 4.83. The molecule has 20 heavy (non-hydrogen) atoms. The molecule has 1 aromatic carbocycles. The zero-order chi connectivity index (χ0) is 15.0. The lowest BCUT2D eigenvalue weighted by molar-refractivity contribution is -0.153. The summed E-state index contributed by atoms with van der Waals surface area (Å²) in [4.78, 5) is 0. The topological polar surface area (TPSA) is 18.5 Å². The average Bonchev–Trinajstić information content (AvgIpc) is 2.41. The number of hydrogen-bond acceptors (Lipinski definition) is 2. The Kier molecular flexibility index (Phi) is 6.68. The highest BCUT2D eigenvalue weighted by Crippen LogP contribution is 2.29. The molecule has 1 aromatic rings. The van der Waals surface area contributed by atoms with Crippen molar-refractivity contribution in [1.82, 2.24) is 0 Å². The maximum absolute atomic E-state index is 12.2. The van der Waals surface area contributed by atoms with Crippen LogP contribution >= 0.6 is 0 Å². The zero-order valence-electron chi connectivity index (χ0n) is 11.9. The third-order valence-corrected chi connectivity index (χ3v) is 3.18. The Morgan fingerprint density at radius 3 is 2.05 bits per heavy atom. The Morgan fingerprint density at radius 1 is 1.00 bits per heavy atom. The van der Waals surface area contributed by atoms with Gasteiger partial charge in [0.05, 0.1) is 6.61 Å². The highest BCUT2D eigenvalue weighted by atomic mass is 19.4. The second-order valence-electron chi connectivity index (χ2n) is 4.67. The molecule has 0 fully saturated rings. The average molecular weight is 290 g/mol. The van der Waals surface area contributed by atoms with Crippen molar-refractivity contribution in [2.75, 3.05) is 13.2 Å². The molecule has 0 atom stereocenters.